The van der Waals surface area contributed by atoms with Crippen molar-refractivity contribution in [3.05, 3.63) is 64.8 Å². The van der Waals surface area contributed by atoms with E-state index in [2.05, 4.69) is 20.5 Å². The van der Waals surface area contributed by atoms with E-state index in [0.717, 1.165) is 34.4 Å². The van der Waals surface area contributed by atoms with E-state index in [4.69, 9.17) is 0 Å². The number of rotatable bonds is 8. The van der Waals surface area contributed by atoms with Crippen LogP contribution in [-0.4, -0.2) is 52.7 Å². The molecule has 8 heteroatoms. The number of thiophene rings is 1. The smallest absolute Gasteiger partial charge is 0.262 e. The first-order chi connectivity index (χ1) is 17.3. The molecule has 0 saturated carbocycles. The van der Waals surface area contributed by atoms with Crippen molar-refractivity contribution < 1.29 is 14.4 Å². The molecule has 1 aromatic carbocycles. The quantitative estimate of drug-likeness (QED) is 0.480. The Morgan fingerprint density at radius 2 is 1.97 bits per heavy atom. The van der Waals surface area contributed by atoms with Gasteiger partial charge in [0.15, 0.2) is 5.78 Å². The van der Waals surface area contributed by atoms with Gasteiger partial charge < -0.3 is 10.6 Å². The predicted octanol–water partition coefficient (Wildman–Crippen LogP) is 4.10. The molecule has 190 valence electrons. The second kappa shape index (κ2) is 11.8. The highest BCUT2D eigenvalue weighted by Crippen LogP contribution is 2.25. The normalized spacial score (nSPS) is 17.7. The van der Waals surface area contributed by atoms with Crippen molar-refractivity contribution in [2.45, 2.75) is 58.7 Å². The van der Waals surface area contributed by atoms with E-state index in [1.54, 1.807) is 0 Å². The number of nitrogens with one attached hydrogen (secondary N) is 2. The summed E-state index contributed by atoms with van der Waals surface area (Å²) in [5.41, 5.74) is 1.89. The van der Waals surface area contributed by atoms with E-state index in [9.17, 15) is 14.4 Å². The summed E-state index contributed by atoms with van der Waals surface area (Å²) in [5.74, 6) is -0.371. The summed E-state index contributed by atoms with van der Waals surface area (Å²) in [6.45, 7) is 7.63. The SMILES string of the molecule is Cc1cccc(CN2CCC[C@H](NC(=O)C(CC(C)C)NC(=O)c3cc4ccccc4s3)C(=O)C2)n1. The summed E-state index contributed by atoms with van der Waals surface area (Å²) in [7, 11) is 0. The van der Waals surface area contributed by atoms with E-state index >= 15 is 0 Å². The van der Waals surface area contributed by atoms with E-state index < -0.39 is 12.1 Å². The van der Waals surface area contributed by atoms with Gasteiger partial charge in [-0.2, -0.15) is 0 Å². The van der Waals surface area contributed by atoms with Crippen molar-refractivity contribution in [2.75, 3.05) is 13.1 Å². The molecule has 2 atom stereocenters. The maximum atomic E-state index is 13.3. The standard InChI is InChI=1S/C28H34N4O3S/c1-18(2)14-23(31-28(35)26-15-20-9-4-5-12-25(20)36-26)27(34)30-22-11-7-13-32(17-24(22)33)16-21-10-6-8-19(3)29-21/h4-6,8-10,12,15,18,22-23H,7,11,13-14,16-17H2,1-3H3,(H,30,34)(H,31,35)/t22-,23?/m0/s1. The number of aromatic nitrogens is 1. The van der Waals surface area contributed by atoms with E-state index in [-0.39, 0.29) is 30.1 Å². The number of pyridine rings is 1. The number of amides is 2. The van der Waals surface area contributed by atoms with Gasteiger partial charge in [0.2, 0.25) is 5.91 Å². The molecule has 2 amide bonds. The third-order valence-corrected chi connectivity index (χ3v) is 7.48. The number of Topliss-reactive ketones (excluding diaryl/α,β-unsaturated/α-hetero) is 1. The van der Waals surface area contributed by atoms with Gasteiger partial charge in [0, 0.05) is 16.9 Å². The average molecular weight is 507 g/mol. The van der Waals surface area contributed by atoms with Gasteiger partial charge in [-0.25, -0.2) is 0 Å². The minimum Gasteiger partial charge on any atom is -0.344 e. The topological polar surface area (TPSA) is 91.4 Å². The third-order valence-electron chi connectivity index (χ3n) is 6.36. The van der Waals surface area contributed by atoms with Gasteiger partial charge in [0.05, 0.1) is 23.2 Å². The lowest BCUT2D eigenvalue weighted by atomic mass is 10.0. The van der Waals surface area contributed by atoms with Crippen LogP contribution in [0.4, 0.5) is 0 Å². The van der Waals surface area contributed by atoms with Crippen molar-refractivity contribution in [1.29, 1.82) is 0 Å². The molecule has 1 unspecified atom stereocenters. The average Bonchev–Trinajstić information content (AvgIpc) is 3.19. The van der Waals surface area contributed by atoms with E-state index in [1.165, 1.54) is 11.3 Å². The maximum absolute atomic E-state index is 13.3. The van der Waals surface area contributed by atoms with Crippen molar-refractivity contribution in [2.24, 2.45) is 5.92 Å². The molecular weight excluding hydrogens is 472 g/mol. The predicted molar refractivity (Wildman–Crippen MR) is 143 cm³/mol. The Balaban J connectivity index is 1.39. The van der Waals surface area contributed by atoms with Crippen LogP contribution in [0.2, 0.25) is 0 Å². The fraction of sp³-hybridized carbons (Fsp3) is 0.429. The summed E-state index contributed by atoms with van der Waals surface area (Å²) in [6, 6.07) is 14.3. The Kier molecular flexibility index (Phi) is 8.48. The van der Waals surface area contributed by atoms with E-state index in [0.29, 0.717) is 24.3 Å². The second-order valence-corrected chi connectivity index (χ2v) is 11.0. The van der Waals surface area contributed by atoms with Crippen molar-refractivity contribution in [1.82, 2.24) is 20.5 Å². The Labute approximate surface area is 216 Å². The van der Waals surface area contributed by atoms with Gasteiger partial charge in [-0.05, 0) is 68.3 Å². The first kappa shape index (κ1) is 26.0. The molecule has 1 aliphatic rings. The molecule has 7 nitrogen and oxygen atoms in total. The van der Waals surface area contributed by atoms with E-state index in [1.807, 2.05) is 69.3 Å². The summed E-state index contributed by atoms with van der Waals surface area (Å²) < 4.78 is 1.03. The Hall–Kier alpha value is -3.10. The number of fused-ring (bicyclic) bond motifs is 1. The number of carbonyl (C=O) groups excluding carboxylic acids is 3. The minimum absolute atomic E-state index is 0.00682. The van der Waals surface area contributed by atoms with Crippen LogP contribution in [0.5, 0.6) is 0 Å². The number of benzene rings is 1. The lowest BCUT2D eigenvalue weighted by Gasteiger charge is -2.23. The second-order valence-electron chi connectivity index (χ2n) is 9.95. The summed E-state index contributed by atoms with van der Waals surface area (Å²) >= 11 is 1.41. The monoisotopic (exact) mass is 506 g/mol. The number of carbonyl (C=O) groups is 3. The van der Waals surface area contributed by atoms with Gasteiger partial charge in [0.1, 0.15) is 6.04 Å². The number of hydrogen-bond acceptors (Lipinski definition) is 6. The first-order valence-corrected chi connectivity index (χ1v) is 13.4. The molecule has 1 aliphatic heterocycles. The van der Waals surface area contributed by atoms with Gasteiger partial charge in [0.25, 0.3) is 5.91 Å². The fourth-order valence-electron chi connectivity index (χ4n) is 4.59. The van der Waals surface area contributed by atoms with Gasteiger partial charge in [-0.1, -0.05) is 38.1 Å². The van der Waals surface area contributed by atoms with Crippen molar-refractivity contribution in [3.8, 4) is 0 Å². The lowest BCUT2D eigenvalue weighted by molar-refractivity contribution is -0.129. The number of ketones is 1. The zero-order chi connectivity index (χ0) is 25.7. The largest absolute Gasteiger partial charge is 0.344 e. The van der Waals surface area contributed by atoms with Gasteiger partial charge in [-0.15, -0.1) is 11.3 Å². The first-order valence-electron chi connectivity index (χ1n) is 12.6. The van der Waals surface area contributed by atoms with Crippen molar-refractivity contribution >= 4 is 39.0 Å². The molecule has 4 rings (SSSR count). The van der Waals surface area contributed by atoms with Crippen LogP contribution in [0.15, 0.2) is 48.5 Å². The molecule has 0 radical (unpaired) electrons. The number of hydrogen-bond donors (Lipinski definition) is 2. The summed E-state index contributed by atoms with van der Waals surface area (Å²) in [5, 5.41) is 6.88. The van der Waals surface area contributed by atoms with Crippen LogP contribution in [0.25, 0.3) is 10.1 Å². The Bertz CT molecular complexity index is 1210. The number of nitrogens with zero attached hydrogens (tertiary/aromatic N) is 2. The molecule has 3 aromatic rings. The third kappa shape index (κ3) is 6.77. The maximum Gasteiger partial charge on any atom is 0.262 e. The molecule has 1 saturated heterocycles. The van der Waals surface area contributed by atoms with Crippen molar-refractivity contribution in [3.63, 3.8) is 0 Å². The Morgan fingerprint density at radius 1 is 1.17 bits per heavy atom. The van der Waals surface area contributed by atoms with Gasteiger partial charge >= 0.3 is 0 Å². The highest BCUT2D eigenvalue weighted by molar-refractivity contribution is 7.20. The molecule has 2 N–H and O–H groups in total. The highest BCUT2D eigenvalue weighted by Gasteiger charge is 2.30. The Morgan fingerprint density at radius 3 is 2.72 bits per heavy atom. The molecule has 1 fully saturated rings. The van der Waals surface area contributed by atoms with Crippen LogP contribution in [0, 0.1) is 12.8 Å². The van der Waals surface area contributed by atoms with Crippen LogP contribution in [0.3, 0.4) is 0 Å². The number of aryl methyl sites for hydroxylation is 1. The summed E-state index contributed by atoms with van der Waals surface area (Å²) in [6.07, 6.45) is 1.88. The summed E-state index contributed by atoms with van der Waals surface area (Å²) in [4.78, 5) is 46.5. The molecule has 3 heterocycles. The lowest BCUT2D eigenvalue weighted by Crippen LogP contribution is -2.52. The van der Waals surface area contributed by atoms with Crippen LogP contribution in [0.1, 0.15) is 54.2 Å². The molecular formula is C28H34N4O3S. The van der Waals surface area contributed by atoms with Crippen LogP contribution < -0.4 is 10.6 Å². The molecule has 0 aliphatic carbocycles. The zero-order valence-electron chi connectivity index (χ0n) is 21.1. The molecule has 2 aromatic heterocycles. The molecule has 0 bridgehead atoms. The fourth-order valence-corrected chi connectivity index (χ4v) is 5.56. The zero-order valence-corrected chi connectivity index (χ0v) is 21.9. The highest BCUT2D eigenvalue weighted by atomic mass is 32.1. The number of likely N-dealkylation sites (tertiary alicyclic amines) is 1. The van der Waals surface area contributed by atoms with Crippen LogP contribution in [-0.2, 0) is 16.1 Å². The minimum atomic E-state index is -0.702. The van der Waals surface area contributed by atoms with Gasteiger partial charge in [-0.3, -0.25) is 24.3 Å². The molecule has 36 heavy (non-hydrogen) atoms. The molecule has 0 spiro atoms. The van der Waals surface area contributed by atoms with Crippen LogP contribution >= 0.6 is 11.3 Å².